The molecule has 2 N–H and O–H groups in total. The fraction of sp³-hybridized carbons (Fsp3) is 0.452. The van der Waals surface area contributed by atoms with Gasteiger partial charge in [-0.3, -0.25) is 24.0 Å². The predicted molar refractivity (Wildman–Crippen MR) is 150 cm³/mol. The number of hydrogen-bond acceptors (Lipinski definition) is 14. The molecule has 2 aliphatic rings. The van der Waals surface area contributed by atoms with Crippen LogP contribution >= 0.6 is 0 Å². The molecule has 242 valence electrons. The molecule has 2 aromatic carbocycles. The number of benzene rings is 2. The van der Waals surface area contributed by atoms with Gasteiger partial charge in [-0.25, -0.2) is 0 Å². The van der Waals surface area contributed by atoms with Crippen LogP contribution in [0.4, 0.5) is 0 Å². The highest BCUT2D eigenvalue weighted by atomic mass is 16.7. The van der Waals surface area contributed by atoms with Crippen LogP contribution in [0.15, 0.2) is 30.3 Å². The first-order valence-corrected chi connectivity index (χ1v) is 14.1. The molecule has 14 nitrogen and oxygen atoms in total. The number of carbonyl (C=O) groups excluding carboxylic acids is 5. The zero-order chi connectivity index (χ0) is 33.0. The molecule has 2 heterocycles. The van der Waals surface area contributed by atoms with Crippen LogP contribution in [0.5, 0.6) is 23.0 Å². The molecule has 0 amide bonds. The summed E-state index contributed by atoms with van der Waals surface area (Å²) in [6, 6.07) is 7.99. The van der Waals surface area contributed by atoms with E-state index in [1.807, 2.05) is 0 Å². The molecule has 0 bridgehead atoms. The van der Waals surface area contributed by atoms with E-state index in [9.17, 15) is 34.2 Å². The van der Waals surface area contributed by atoms with Crippen LogP contribution in [-0.4, -0.2) is 71.1 Å². The molecule has 1 unspecified atom stereocenters. The van der Waals surface area contributed by atoms with Crippen LogP contribution < -0.4 is 9.47 Å². The Hall–Kier alpha value is -4.85. The first kappa shape index (κ1) is 33.1. The molecule has 0 spiro atoms. The maximum Gasteiger partial charge on any atom is 0.308 e. The summed E-state index contributed by atoms with van der Waals surface area (Å²) in [6.45, 7) is 5.25. The summed E-state index contributed by atoms with van der Waals surface area (Å²) in [6.07, 6.45) is -6.92. The number of aromatic hydroxyl groups is 2. The van der Waals surface area contributed by atoms with Gasteiger partial charge >= 0.3 is 29.8 Å². The first-order valence-electron chi connectivity index (χ1n) is 14.1. The van der Waals surface area contributed by atoms with Gasteiger partial charge in [-0.2, -0.15) is 0 Å². The Labute approximate surface area is 258 Å². The first-order chi connectivity index (χ1) is 21.2. The SMILES string of the molecule is CC(=O)OC[C@H]1O[C@@H](c2c(O)cc3c(c2O)CCC(c2ccc(OC(C)=O)cc2)O3)[C@H](OC(C)=O)[C@@H](OC(C)=O)[C@@H]1OC(C)=O. The van der Waals surface area contributed by atoms with E-state index in [1.54, 1.807) is 24.3 Å². The molecular weight excluding hydrogens is 596 g/mol. The number of carbonyl (C=O) groups is 5. The number of ether oxygens (including phenoxy) is 7. The molecule has 0 saturated carbocycles. The monoisotopic (exact) mass is 630 g/mol. The van der Waals surface area contributed by atoms with Gasteiger partial charge in [-0.15, -0.1) is 0 Å². The van der Waals surface area contributed by atoms with E-state index >= 15 is 0 Å². The second-order valence-corrected chi connectivity index (χ2v) is 10.6. The van der Waals surface area contributed by atoms with E-state index in [0.717, 1.165) is 33.3 Å². The molecule has 0 radical (unpaired) electrons. The van der Waals surface area contributed by atoms with Gasteiger partial charge in [0.2, 0.25) is 0 Å². The Balaban J connectivity index is 1.73. The average molecular weight is 631 g/mol. The summed E-state index contributed by atoms with van der Waals surface area (Å²) in [7, 11) is 0. The molecule has 2 aromatic rings. The van der Waals surface area contributed by atoms with Crippen LogP contribution in [0.3, 0.4) is 0 Å². The van der Waals surface area contributed by atoms with Gasteiger partial charge in [0.15, 0.2) is 18.3 Å². The highest BCUT2D eigenvalue weighted by Gasteiger charge is 2.54. The molecule has 6 atom stereocenters. The molecule has 1 saturated heterocycles. The van der Waals surface area contributed by atoms with Gasteiger partial charge in [-0.1, -0.05) is 12.1 Å². The van der Waals surface area contributed by atoms with E-state index in [-0.39, 0.29) is 17.7 Å². The summed E-state index contributed by atoms with van der Waals surface area (Å²) in [5, 5.41) is 22.7. The minimum absolute atomic E-state index is 0.180. The van der Waals surface area contributed by atoms with Crippen molar-refractivity contribution in [1.82, 2.24) is 0 Å². The Bertz CT molecular complexity index is 1470. The van der Waals surface area contributed by atoms with Crippen LogP contribution in [-0.2, 0) is 54.1 Å². The Kier molecular flexibility index (Phi) is 10.2. The summed E-state index contributed by atoms with van der Waals surface area (Å²) < 4.78 is 38.8. The Morgan fingerprint density at radius 1 is 0.800 bits per heavy atom. The van der Waals surface area contributed by atoms with Crippen molar-refractivity contribution in [2.75, 3.05) is 6.61 Å². The lowest BCUT2D eigenvalue weighted by molar-refractivity contribution is -0.254. The Morgan fingerprint density at radius 2 is 1.40 bits per heavy atom. The van der Waals surface area contributed by atoms with Crippen molar-refractivity contribution >= 4 is 29.8 Å². The fourth-order valence-electron chi connectivity index (χ4n) is 5.42. The van der Waals surface area contributed by atoms with Gasteiger partial charge in [0.1, 0.15) is 47.9 Å². The molecule has 0 aromatic heterocycles. The number of rotatable bonds is 8. The molecule has 45 heavy (non-hydrogen) atoms. The van der Waals surface area contributed by atoms with Gasteiger partial charge in [-0.05, 0) is 30.5 Å². The topological polar surface area (TPSA) is 190 Å². The van der Waals surface area contributed by atoms with E-state index in [2.05, 4.69) is 0 Å². The average Bonchev–Trinajstić information content (AvgIpc) is 2.94. The van der Waals surface area contributed by atoms with Crippen molar-refractivity contribution in [3.8, 4) is 23.0 Å². The number of phenolic OH excluding ortho intramolecular Hbond substituents is 2. The third-order valence-electron chi connectivity index (χ3n) is 7.10. The van der Waals surface area contributed by atoms with Crippen LogP contribution in [0.1, 0.15) is 69.9 Å². The zero-order valence-corrected chi connectivity index (χ0v) is 25.3. The minimum Gasteiger partial charge on any atom is -0.507 e. The maximum absolute atomic E-state index is 12.2. The summed E-state index contributed by atoms with van der Waals surface area (Å²) in [5.74, 6) is -3.95. The lowest BCUT2D eigenvalue weighted by Crippen LogP contribution is -2.59. The van der Waals surface area contributed by atoms with Crippen LogP contribution in [0, 0.1) is 0 Å². The van der Waals surface area contributed by atoms with Crippen molar-refractivity contribution in [2.24, 2.45) is 0 Å². The molecule has 0 aliphatic carbocycles. The second kappa shape index (κ2) is 13.8. The molecule has 14 heteroatoms. The summed E-state index contributed by atoms with van der Waals surface area (Å²) in [4.78, 5) is 59.3. The van der Waals surface area contributed by atoms with Crippen molar-refractivity contribution in [3.63, 3.8) is 0 Å². The standard InChI is InChI=1S/C31H34O14/c1-14(32)39-13-25-28(41-16(3)34)30(42-17(4)35)31(43-18(5)36)29(45-25)26-22(37)12-24-21(27(26)38)10-11-23(44-24)19-6-8-20(9-7-19)40-15(2)33/h6-9,12,23,25,28-31,37-38H,10-11,13H2,1-5H3/t23?,25-,28-,29+,30+,31+/m1/s1. The fourth-order valence-corrected chi connectivity index (χ4v) is 5.42. The van der Waals surface area contributed by atoms with E-state index in [4.69, 9.17) is 33.2 Å². The molecule has 2 aliphatic heterocycles. The highest BCUT2D eigenvalue weighted by molar-refractivity contribution is 5.70. The van der Waals surface area contributed by atoms with Crippen molar-refractivity contribution in [2.45, 2.75) is 84.1 Å². The second-order valence-electron chi connectivity index (χ2n) is 10.6. The third kappa shape index (κ3) is 7.81. The van der Waals surface area contributed by atoms with Crippen molar-refractivity contribution in [3.05, 3.63) is 47.0 Å². The predicted octanol–water partition coefficient (Wildman–Crippen LogP) is 2.89. The number of phenols is 2. The zero-order valence-electron chi connectivity index (χ0n) is 25.3. The number of fused-ring (bicyclic) bond motifs is 1. The lowest BCUT2D eigenvalue weighted by atomic mass is 9.87. The highest BCUT2D eigenvalue weighted by Crippen LogP contribution is 2.50. The molecule has 4 rings (SSSR count). The molecular formula is C31H34O14. The van der Waals surface area contributed by atoms with Gasteiger partial charge < -0.3 is 43.4 Å². The van der Waals surface area contributed by atoms with E-state index in [1.165, 1.54) is 13.0 Å². The molecule has 1 fully saturated rings. The number of hydrogen-bond donors (Lipinski definition) is 2. The largest absolute Gasteiger partial charge is 0.507 e. The summed E-state index contributed by atoms with van der Waals surface area (Å²) in [5.41, 5.74) is 0.877. The van der Waals surface area contributed by atoms with Gasteiger partial charge in [0.05, 0.1) is 5.56 Å². The van der Waals surface area contributed by atoms with Gasteiger partial charge in [0, 0.05) is 46.2 Å². The van der Waals surface area contributed by atoms with Crippen LogP contribution in [0.25, 0.3) is 0 Å². The summed E-state index contributed by atoms with van der Waals surface area (Å²) >= 11 is 0. The minimum atomic E-state index is -1.52. The maximum atomic E-state index is 12.2. The van der Waals surface area contributed by atoms with Crippen molar-refractivity contribution < 1.29 is 67.3 Å². The lowest BCUT2D eigenvalue weighted by Gasteiger charge is -2.45. The van der Waals surface area contributed by atoms with E-state index < -0.39 is 84.6 Å². The third-order valence-corrected chi connectivity index (χ3v) is 7.10. The van der Waals surface area contributed by atoms with Crippen LogP contribution in [0.2, 0.25) is 0 Å². The smallest absolute Gasteiger partial charge is 0.308 e. The van der Waals surface area contributed by atoms with E-state index in [0.29, 0.717) is 17.7 Å². The Morgan fingerprint density at radius 3 is 1.98 bits per heavy atom. The number of esters is 5. The quantitative estimate of drug-likeness (QED) is 0.246. The van der Waals surface area contributed by atoms with Gasteiger partial charge in [0.25, 0.3) is 0 Å². The normalized spacial score (nSPS) is 23.8. The van der Waals surface area contributed by atoms with Crippen molar-refractivity contribution in [1.29, 1.82) is 0 Å².